The number of benzene rings is 1. The first kappa shape index (κ1) is 20.9. The van der Waals surface area contributed by atoms with Crippen molar-refractivity contribution in [2.45, 2.75) is 39.3 Å². The number of nitrogens with one attached hydrogen (secondary N) is 1. The lowest BCUT2D eigenvalue weighted by atomic mass is 9.87. The molecule has 0 unspecified atom stereocenters. The standard InChI is InChI=1S/C23H26N2O3S/c1-23(2,3)18-10-8-17(9-11-18)22(27)24-14-21(26)25(15-19-6-4-12-28-19)16-20-7-5-13-29-20/h4-13H,14-16H2,1-3H3,(H,24,27). The van der Waals surface area contributed by atoms with E-state index in [0.29, 0.717) is 24.4 Å². The van der Waals surface area contributed by atoms with E-state index in [9.17, 15) is 9.59 Å². The largest absolute Gasteiger partial charge is 0.467 e. The van der Waals surface area contributed by atoms with E-state index in [1.54, 1.807) is 40.7 Å². The third-order valence-corrected chi connectivity index (χ3v) is 5.48. The molecule has 0 fully saturated rings. The SMILES string of the molecule is CC(C)(C)c1ccc(C(=O)NCC(=O)N(Cc2ccco2)Cc2cccs2)cc1. The summed E-state index contributed by atoms with van der Waals surface area (Å²) in [6, 6.07) is 15.1. The molecule has 6 heteroatoms. The molecule has 1 aromatic carbocycles. The van der Waals surface area contributed by atoms with E-state index < -0.39 is 0 Å². The Morgan fingerprint density at radius 3 is 2.38 bits per heavy atom. The number of amides is 2. The molecule has 3 rings (SSSR count). The average molecular weight is 411 g/mol. The molecule has 1 N–H and O–H groups in total. The fourth-order valence-electron chi connectivity index (χ4n) is 2.90. The van der Waals surface area contributed by atoms with Crippen LogP contribution < -0.4 is 5.32 Å². The van der Waals surface area contributed by atoms with Crippen LogP contribution in [0.3, 0.4) is 0 Å². The van der Waals surface area contributed by atoms with Crippen LogP contribution in [0.2, 0.25) is 0 Å². The maximum Gasteiger partial charge on any atom is 0.251 e. The van der Waals surface area contributed by atoms with Crippen molar-refractivity contribution in [3.05, 3.63) is 81.9 Å². The molecule has 0 saturated carbocycles. The van der Waals surface area contributed by atoms with Gasteiger partial charge in [-0.1, -0.05) is 39.0 Å². The third-order valence-electron chi connectivity index (χ3n) is 4.62. The van der Waals surface area contributed by atoms with Crippen molar-refractivity contribution in [1.29, 1.82) is 0 Å². The monoisotopic (exact) mass is 410 g/mol. The van der Waals surface area contributed by atoms with Crippen LogP contribution in [-0.4, -0.2) is 23.3 Å². The van der Waals surface area contributed by atoms with E-state index in [-0.39, 0.29) is 23.8 Å². The van der Waals surface area contributed by atoms with E-state index in [2.05, 4.69) is 26.1 Å². The van der Waals surface area contributed by atoms with E-state index >= 15 is 0 Å². The number of carbonyl (C=O) groups excluding carboxylic acids is 2. The lowest BCUT2D eigenvalue weighted by Crippen LogP contribution is -2.39. The number of thiophene rings is 1. The molecule has 29 heavy (non-hydrogen) atoms. The molecule has 2 amide bonds. The molecule has 0 bridgehead atoms. The highest BCUT2D eigenvalue weighted by atomic mass is 32.1. The summed E-state index contributed by atoms with van der Waals surface area (Å²) in [5.41, 5.74) is 1.73. The number of hydrogen-bond donors (Lipinski definition) is 1. The molecule has 0 spiro atoms. The Balaban J connectivity index is 1.62. The minimum atomic E-state index is -0.257. The topological polar surface area (TPSA) is 62.6 Å². The Morgan fingerprint density at radius 2 is 1.79 bits per heavy atom. The van der Waals surface area contributed by atoms with Gasteiger partial charge < -0.3 is 14.6 Å². The number of rotatable bonds is 7. The smallest absolute Gasteiger partial charge is 0.251 e. The lowest BCUT2D eigenvalue weighted by Gasteiger charge is -2.21. The third kappa shape index (κ3) is 5.81. The Morgan fingerprint density at radius 1 is 1.03 bits per heavy atom. The van der Waals surface area contributed by atoms with E-state index in [1.807, 2.05) is 35.7 Å². The van der Waals surface area contributed by atoms with Gasteiger partial charge in [0, 0.05) is 10.4 Å². The molecule has 2 aromatic heterocycles. The predicted octanol–water partition coefficient (Wildman–Crippen LogP) is 4.60. The van der Waals surface area contributed by atoms with Gasteiger partial charge in [0.1, 0.15) is 5.76 Å². The first-order valence-corrected chi connectivity index (χ1v) is 10.4. The number of nitrogens with zero attached hydrogens (tertiary/aromatic N) is 1. The Bertz CT molecular complexity index is 887. The van der Waals surface area contributed by atoms with Crippen molar-refractivity contribution in [1.82, 2.24) is 10.2 Å². The summed E-state index contributed by atoms with van der Waals surface area (Å²) in [5, 5.41) is 4.72. The minimum absolute atomic E-state index is 0.0269. The zero-order valence-corrected chi connectivity index (χ0v) is 17.8. The summed E-state index contributed by atoms with van der Waals surface area (Å²) in [7, 11) is 0. The van der Waals surface area contributed by atoms with Crippen LogP contribution in [0.4, 0.5) is 0 Å². The summed E-state index contributed by atoms with van der Waals surface area (Å²) >= 11 is 1.59. The molecule has 2 heterocycles. The minimum Gasteiger partial charge on any atom is -0.467 e. The van der Waals surface area contributed by atoms with Crippen molar-refractivity contribution < 1.29 is 14.0 Å². The lowest BCUT2D eigenvalue weighted by molar-refractivity contribution is -0.131. The van der Waals surface area contributed by atoms with Crippen molar-refractivity contribution in [3.63, 3.8) is 0 Å². The van der Waals surface area contributed by atoms with Crippen molar-refractivity contribution in [3.8, 4) is 0 Å². The van der Waals surface area contributed by atoms with E-state index in [1.165, 1.54) is 0 Å². The molecular formula is C23H26N2O3S. The normalized spacial score (nSPS) is 11.3. The Labute approximate surface area is 175 Å². The van der Waals surface area contributed by atoms with Gasteiger partial charge in [0.15, 0.2) is 0 Å². The average Bonchev–Trinajstić information content (AvgIpc) is 3.39. The maximum absolute atomic E-state index is 12.8. The summed E-state index contributed by atoms with van der Waals surface area (Å²) in [4.78, 5) is 28.0. The molecule has 0 aliphatic heterocycles. The second-order valence-electron chi connectivity index (χ2n) is 7.92. The maximum atomic E-state index is 12.8. The highest BCUT2D eigenvalue weighted by molar-refractivity contribution is 7.09. The first-order valence-electron chi connectivity index (χ1n) is 9.54. The highest BCUT2D eigenvalue weighted by Crippen LogP contribution is 2.22. The first-order chi connectivity index (χ1) is 13.8. The zero-order valence-electron chi connectivity index (χ0n) is 17.0. The Hall–Kier alpha value is -2.86. The van der Waals surface area contributed by atoms with Crippen LogP contribution in [0.15, 0.2) is 64.6 Å². The van der Waals surface area contributed by atoms with Crippen molar-refractivity contribution in [2.75, 3.05) is 6.54 Å². The molecule has 0 aliphatic rings. The summed E-state index contributed by atoms with van der Waals surface area (Å²) in [6.07, 6.45) is 1.59. The molecule has 0 radical (unpaired) electrons. The Kier molecular flexibility index (Phi) is 6.54. The molecular weight excluding hydrogens is 384 g/mol. The molecule has 0 saturated heterocycles. The summed E-state index contributed by atoms with van der Waals surface area (Å²) in [5.74, 6) is 0.293. The molecule has 5 nitrogen and oxygen atoms in total. The highest BCUT2D eigenvalue weighted by Gasteiger charge is 2.18. The van der Waals surface area contributed by atoms with Crippen LogP contribution in [0.5, 0.6) is 0 Å². The van der Waals surface area contributed by atoms with Crippen LogP contribution in [-0.2, 0) is 23.3 Å². The second kappa shape index (κ2) is 9.09. The number of carbonyl (C=O) groups is 2. The quantitative estimate of drug-likeness (QED) is 0.619. The van der Waals surface area contributed by atoms with Crippen LogP contribution in [0.25, 0.3) is 0 Å². The van der Waals surface area contributed by atoms with Crippen molar-refractivity contribution in [2.24, 2.45) is 0 Å². The zero-order chi connectivity index (χ0) is 20.9. The fourth-order valence-corrected chi connectivity index (χ4v) is 3.62. The van der Waals surface area contributed by atoms with Crippen LogP contribution in [0.1, 0.15) is 47.3 Å². The van der Waals surface area contributed by atoms with Gasteiger partial charge in [-0.3, -0.25) is 9.59 Å². The summed E-state index contributed by atoms with van der Waals surface area (Å²) in [6.45, 7) is 7.16. The molecule has 0 aliphatic carbocycles. The van der Waals surface area contributed by atoms with Gasteiger partial charge in [0.05, 0.1) is 25.9 Å². The number of furan rings is 1. The van der Waals surface area contributed by atoms with Gasteiger partial charge in [0.25, 0.3) is 5.91 Å². The van der Waals surface area contributed by atoms with Crippen LogP contribution in [0, 0.1) is 0 Å². The molecule has 0 atom stereocenters. The van der Waals surface area contributed by atoms with Gasteiger partial charge in [-0.25, -0.2) is 0 Å². The predicted molar refractivity (Wildman–Crippen MR) is 115 cm³/mol. The molecule has 152 valence electrons. The fraction of sp³-hybridized carbons (Fsp3) is 0.304. The van der Waals surface area contributed by atoms with E-state index in [0.717, 1.165) is 10.4 Å². The van der Waals surface area contributed by atoms with Gasteiger partial charge in [-0.05, 0) is 46.7 Å². The van der Waals surface area contributed by atoms with Gasteiger partial charge in [0.2, 0.25) is 5.91 Å². The van der Waals surface area contributed by atoms with Gasteiger partial charge in [-0.2, -0.15) is 0 Å². The van der Waals surface area contributed by atoms with Crippen LogP contribution >= 0.6 is 11.3 Å². The van der Waals surface area contributed by atoms with E-state index in [4.69, 9.17) is 4.42 Å². The van der Waals surface area contributed by atoms with Gasteiger partial charge >= 0.3 is 0 Å². The molecule has 3 aromatic rings. The number of hydrogen-bond acceptors (Lipinski definition) is 4. The van der Waals surface area contributed by atoms with Crippen molar-refractivity contribution >= 4 is 23.2 Å². The second-order valence-corrected chi connectivity index (χ2v) is 8.95. The summed E-state index contributed by atoms with van der Waals surface area (Å²) < 4.78 is 5.39. The van der Waals surface area contributed by atoms with Gasteiger partial charge in [-0.15, -0.1) is 11.3 Å².